The number of piperazine rings is 1. The van der Waals surface area contributed by atoms with Crippen LogP contribution in [0.25, 0.3) is 11.1 Å². The van der Waals surface area contributed by atoms with Gasteiger partial charge in [0.25, 0.3) is 6.01 Å². The van der Waals surface area contributed by atoms with Crippen molar-refractivity contribution in [2.24, 2.45) is 0 Å². The summed E-state index contributed by atoms with van der Waals surface area (Å²) in [5, 5.41) is 5.87. The number of nitrogens with one attached hydrogen (secondary N) is 1. The minimum atomic E-state index is 0.351. The number of hydrogen-bond acceptors (Lipinski definition) is 6. The van der Waals surface area contributed by atoms with Crippen LogP contribution in [0.4, 0.5) is 11.7 Å². The number of benzene rings is 1. The lowest BCUT2D eigenvalue weighted by atomic mass is 10.2. The smallest absolute Gasteiger partial charge is 0.298 e. The summed E-state index contributed by atoms with van der Waals surface area (Å²) >= 11 is 6.24. The molecule has 1 aromatic heterocycles. The zero-order valence-electron chi connectivity index (χ0n) is 12.5. The number of oxazole rings is 1. The fourth-order valence-electron chi connectivity index (χ4n) is 3.04. The number of hydrogen-bond donors (Lipinski definition) is 1. The predicted octanol–water partition coefficient (Wildman–Crippen LogP) is 2.42. The normalized spacial score (nSPS) is 22.7. The highest BCUT2D eigenvalue weighted by molar-refractivity contribution is 6.31. The molecular weight excluding hydrogens is 304 g/mol. The van der Waals surface area contributed by atoms with E-state index in [2.05, 4.69) is 22.1 Å². The summed E-state index contributed by atoms with van der Waals surface area (Å²) < 4.78 is 6.08. The Morgan fingerprint density at radius 3 is 3.05 bits per heavy atom. The van der Waals surface area contributed by atoms with E-state index in [9.17, 15) is 0 Å². The van der Waals surface area contributed by atoms with Crippen molar-refractivity contribution >= 4 is 34.4 Å². The molecule has 0 amide bonds. The first-order chi connectivity index (χ1) is 10.7. The summed E-state index contributed by atoms with van der Waals surface area (Å²) in [6, 6.07) is 4.73. The van der Waals surface area contributed by atoms with Gasteiger partial charge in [-0.05, 0) is 25.5 Å². The topological polar surface area (TPSA) is 53.8 Å². The third-order valence-electron chi connectivity index (χ3n) is 4.19. The van der Waals surface area contributed by atoms with Crippen LogP contribution < -0.4 is 15.3 Å². The number of rotatable bonds is 2. The monoisotopic (exact) mass is 322 g/mol. The van der Waals surface area contributed by atoms with Gasteiger partial charge in [-0.3, -0.25) is 9.90 Å². The second-order valence-corrected chi connectivity index (χ2v) is 6.24. The molecular formula is C15H19ClN4O2. The van der Waals surface area contributed by atoms with Crippen molar-refractivity contribution in [2.75, 3.05) is 42.7 Å². The zero-order valence-corrected chi connectivity index (χ0v) is 13.3. The summed E-state index contributed by atoms with van der Waals surface area (Å²) in [5.41, 5.74) is 2.38. The van der Waals surface area contributed by atoms with Gasteiger partial charge in [0.05, 0.1) is 6.61 Å². The maximum atomic E-state index is 6.24. The zero-order chi connectivity index (χ0) is 15.1. The van der Waals surface area contributed by atoms with E-state index in [1.54, 1.807) is 0 Å². The molecule has 0 bridgehead atoms. The number of anilines is 2. The van der Waals surface area contributed by atoms with E-state index >= 15 is 0 Å². The molecule has 2 aliphatic heterocycles. The molecule has 2 fully saturated rings. The Morgan fingerprint density at radius 1 is 1.36 bits per heavy atom. The van der Waals surface area contributed by atoms with E-state index in [1.165, 1.54) is 0 Å². The van der Waals surface area contributed by atoms with Crippen molar-refractivity contribution in [3.05, 3.63) is 17.2 Å². The number of halogens is 1. The van der Waals surface area contributed by atoms with Crippen LogP contribution in [0.3, 0.4) is 0 Å². The molecule has 0 radical (unpaired) electrons. The van der Waals surface area contributed by atoms with Gasteiger partial charge >= 0.3 is 0 Å². The van der Waals surface area contributed by atoms with Crippen LogP contribution in [0.5, 0.6) is 0 Å². The Morgan fingerprint density at radius 2 is 2.27 bits per heavy atom. The maximum Gasteiger partial charge on any atom is 0.298 e. The minimum Gasteiger partial charge on any atom is -0.421 e. The molecule has 22 heavy (non-hydrogen) atoms. The molecule has 0 unspecified atom stereocenters. The van der Waals surface area contributed by atoms with Crippen LogP contribution in [0.2, 0.25) is 5.02 Å². The summed E-state index contributed by atoms with van der Waals surface area (Å²) in [5.74, 6) is 0. The molecule has 0 saturated carbocycles. The van der Waals surface area contributed by atoms with E-state index in [0.717, 1.165) is 56.0 Å². The third-order valence-corrected chi connectivity index (χ3v) is 4.41. The lowest BCUT2D eigenvalue weighted by Gasteiger charge is -2.32. The Hall–Kier alpha value is -1.50. The van der Waals surface area contributed by atoms with Gasteiger partial charge in [-0.15, -0.1) is 0 Å². The second kappa shape index (κ2) is 5.61. The fourth-order valence-corrected chi connectivity index (χ4v) is 3.25. The number of fused-ring (bicyclic) bond motifs is 1. The molecule has 2 saturated heterocycles. The summed E-state index contributed by atoms with van der Waals surface area (Å²) in [6.07, 6.45) is 1.00. The van der Waals surface area contributed by atoms with Crippen LogP contribution in [0, 0.1) is 0 Å². The van der Waals surface area contributed by atoms with E-state index < -0.39 is 0 Å². The van der Waals surface area contributed by atoms with Crippen LogP contribution in [0.15, 0.2) is 16.5 Å². The van der Waals surface area contributed by atoms with Crippen molar-refractivity contribution in [2.45, 2.75) is 19.4 Å². The summed E-state index contributed by atoms with van der Waals surface area (Å²) in [4.78, 5) is 12.5. The first-order valence-electron chi connectivity index (χ1n) is 7.70. The largest absolute Gasteiger partial charge is 0.421 e. The molecule has 2 aliphatic rings. The summed E-state index contributed by atoms with van der Waals surface area (Å²) in [7, 11) is 0. The SMILES string of the molecule is C[C@H]1CNCCN1c1nc2cc(Cl)cc(N3CCCO3)c2o1. The highest BCUT2D eigenvalue weighted by Gasteiger charge is 2.25. The van der Waals surface area contributed by atoms with Gasteiger partial charge in [-0.2, -0.15) is 4.98 Å². The molecule has 118 valence electrons. The van der Waals surface area contributed by atoms with Crippen molar-refractivity contribution < 1.29 is 9.25 Å². The third kappa shape index (κ3) is 2.41. The predicted molar refractivity (Wildman–Crippen MR) is 86.6 cm³/mol. The lowest BCUT2D eigenvalue weighted by molar-refractivity contribution is 0.168. The standard InChI is InChI=1S/C15H19ClN4O2/c1-10-9-17-3-5-19(10)15-18-12-7-11(16)8-13(14(12)22-15)20-4-2-6-21-20/h7-8,10,17H,2-6,9H2,1H3/t10-/m0/s1. The molecule has 1 N–H and O–H groups in total. The number of hydroxylamine groups is 1. The fraction of sp³-hybridized carbons (Fsp3) is 0.533. The maximum absolute atomic E-state index is 6.24. The average molecular weight is 323 g/mol. The van der Waals surface area contributed by atoms with E-state index in [-0.39, 0.29) is 0 Å². The molecule has 0 aliphatic carbocycles. The van der Waals surface area contributed by atoms with Crippen molar-refractivity contribution in [3.8, 4) is 0 Å². The quantitative estimate of drug-likeness (QED) is 0.916. The molecule has 1 atom stereocenters. The Bertz CT molecular complexity index is 683. The van der Waals surface area contributed by atoms with Gasteiger partial charge in [-0.1, -0.05) is 11.6 Å². The molecule has 0 spiro atoms. The first-order valence-corrected chi connectivity index (χ1v) is 8.08. The molecule has 7 heteroatoms. The van der Waals surface area contributed by atoms with Gasteiger partial charge in [0, 0.05) is 37.2 Å². The van der Waals surface area contributed by atoms with Crippen molar-refractivity contribution in [3.63, 3.8) is 0 Å². The lowest BCUT2D eigenvalue weighted by Crippen LogP contribution is -2.50. The summed E-state index contributed by atoms with van der Waals surface area (Å²) in [6.45, 7) is 6.49. The molecule has 2 aromatic rings. The molecule has 4 rings (SSSR count). The minimum absolute atomic E-state index is 0.351. The molecule has 1 aromatic carbocycles. The van der Waals surface area contributed by atoms with Gasteiger partial charge in [-0.25, -0.2) is 0 Å². The van der Waals surface area contributed by atoms with Gasteiger partial charge < -0.3 is 14.6 Å². The van der Waals surface area contributed by atoms with Crippen LogP contribution in [-0.2, 0) is 4.84 Å². The van der Waals surface area contributed by atoms with Crippen molar-refractivity contribution in [1.82, 2.24) is 10.3 Å². The van der Waals surface area contributed by atoms with Gasteiger partial charge in [0.2, 0.25) is 0 Å². The number of aromatic nitrogens is 1. The highest BCUT2D eigenvalue weighted by Crippen LogP contribution is 2.35. The van der Waals surface area contributed by atoms with Crippen LogP contribution in [0.1, 0.15) is 13.3 Å². The first kappa shape index (κ1) is 14.1. The van der Waals surface area contributed by atoms with E-state index in [4.69, 9.17) is 20.9 Å². The van der Waals surface area contributed by atoms with Crippen LogP contribution in [-0.4, -0.2) is 43.8 Å². The van der Waals surface area contributed by atoms with Crippen LogP contribution >= 0.6 is 11.6 Å². The average Bonchev–Trinajstić information content (AvgIpc) is 3.15. The van der Waals surface area contributed by atoms with Gasteiger partial charge in [0.15, 0.2) is 5.58 Å². The molecule has 3 heterocycles. The molecule has 6 nitrogen and oxygen atoms in total. The Kier molecular flexibility index (Phi) is 3.60. The number of nitrogens with zero attached hydrogens (tertiary/aromatic N) is 3. The Balaban J connectivity index is 1.77. The Labute approximate surface area is 133 Å². The van der Waals surface area contributed by atoms with E-state index in [1.807, 2.05) is 17.2 Å². The van der Waals surface area contributed by atoms with Gasteiger partial charge in [0.1, 0.15) is 11.2 Å². The van der Waals surface area contributed by atoms with E-state index in [0.29, 0.717) is 17.1 Å². The highest BCUT2D eigenvalue weighted by atomic mass is 35.5. The second-order valence-electron chi connectivity index (χ2n) is 5.81. The van der Waals surface area contributed by atoms with Crippen molar-refractivity contribution in [1.29, 1.82) is 0 Å².